The van der Waals surface area contributed by atoms with Crippen molar-refractivity contribution in [1.82, 2.24) is 5.32 Å². The molecule has 1 fully saturated rings. The van der Waals surface area contributed by atoms with Crippen LogP contribution in [0.3, 0.4) is 0 Å². The van der Waals surface area contributed by atoms with Gasteiger partial charge in [-0.15, -0.1) is 0 Å². The van der Waals surface area contributed by atoms with E-state index in [4.69, 9.17) is 5.73 Å². The SMILES string of the molecule is NCc1ccc(N2CC(c3ccccc3)NC2=O)cc1. The van der Waals surface area contributed by atoms with Crippen molar-refractivity contribution >= 4 is 11.7 Å². The minimum Gasteiger partial charge on any atom is -0.329 e. The Bertz CT molecular complexity index is 595. The summed E-state index contributed by atoms with van der Waals surface area (Å²) in [4.78, 5) is 13.9. The van der Waals surface area contributed by atoms with Gasteiger partial charge in [0.05, 0.1) is 12.6 Å². The summed E-state index contributed by atoms with van der Waals surface area (Å²) in [7, 11) is 0. The molecular weight excluding hydrogens is 250 g/mol. The number of rotatable bonds is 3. The van der Waals surface area contributed by atoms with Crippen molar-refractivity contribution in [3.8, 4) is 0 Å². The van der Waals surface area contributed by atoms with Crippen LogP contribution in [0.5, 0.6) is 0 Å². The lowest BCUT2D eigenvalue weighted by Crippen LogP contribution is -2.27. The number of urea groups is 1. The molecule has 0 aliphatic carbocycles. The Kier molecular flexibility index (Phi) is 3.39. The highest BCUT2D eigenvalue weighted by molar-refractivity contribution is 5.94. The normalized spacial score (nSPS) is 18.1. The van der Waals surface area contributed by atoms with E-state index in [9.17, 15) is 4.79 Å². The zero-order valence-electron chi connectivity index (χ0n) is 11.1. The molecule has 0 saturated carbocycles. The maximum Gasteiger partial charge on any atom is 0.322 e. The van der Waals surface area contributed by atoms with Crippen LogP contribution < -0.4 is 16.0 Å². The van der Waals surface area contributed by atoms with E-state index in [2.05, 4.69) is 5.32 Å². The predicted octanol–water partition coefficient (Wildman–Crippen LogP) is 2.42. The van der Waals surface area contributed by atoms with Gasteiger partial charge < -0.3 is 11.1 Å². The Morgan fingerprint density at radius 2 is 1.80 bits per heavy atom. The largest absolute Gasteiger partial charge is 0.329 e. The molecule has 0 spiro atoms. The summed E-state index contributed by atoms with van der Waals surface area (Å²) in [6, 6.07) is 17.8. The van der Waals surface area contributed by atoms with Crippen molar-refractivity contribution in [3.63, 3.8) is 0 Å². The number of carbonyl (C=O) groups excluding carboxylic acids is 1. The molecule has 3 rings (SSSR count). The minimum absolute atomic E-state index is 0.0397. The number of hydrogen-bond acceptors (Lipinski definition) is 2. The molecule has 20 heavy (non-hydrogen) atoms. The maximum absolute atomic E-state index is 12.1. The van der Waals surface area contributed by atoms with Crippen LogP contribution in [0.1, 0.15) is 17.2 Å². The molecule has 2 aromatic rings. The number of hydrogen-bond donors (Lipinski definition) is 2. The molecule has 0 bridgehead atoms. The minimum atomic E-state index is -0.0562. The Hall–Kier alpha value is -2.33. The molecule has 0 radical (unpaired) electrons. The molecule has 4 heteroatoms. The molecule has 3 N–H and O–H groups in total. The number of carbonyl (C=O) groups is 1. The fraction of sp³-hybridized carbons (Fsp3) is 0.188. The summed E-state index contributed by atoms with van der Waals surface area (Å²) >= 11 is 0. The lowest BCUT2D eigenvalue weighted by atomic mass is 10.1. The quantitative estimate of drug-likeness (QED) is 0.897. The zero-order chi connectivity index (χ0) is 13.9. The second-order valence-electron chi connectivity index (χ2n) is 4.89. The molecular formula is C16H17N3O. The van der Waals surface area contributed by atoms with E-state index in [0.29, 0.717) is 13.1 Å². The van der Waals surface area contributed by atoms with Crippen molar-refractivity contribution in [2.24, 2.45) is 5.73 Å². The molecule has 1 aliphatic heterocycles. The number of amides is 2. The molecule has 0 aromatic heterocycles. The van der Waals surface area contributed by atoms with Gasteiger partial charge in [-0.25, -0.2) is 4.79 Å². The van der Waals surface area contributed by atoms with Gasteiger partial charge in [-0.2, -0.15) is 0 Å². The number of nitrogens with zero attached hydrogens (tertiary/aromatic N) is 1. The molecule has 1 aliphatic rings. The van der Waals surface area contributed by atoms with Gasteiger partial charge in [0.25, 0.3) is 0 Å². The third-order valence-corrected chi connectivity index (χ3v) is 3.59. The van der Waals surface area contributed by atoms with E-state index in [0.717, 1.165) is 16.8 Å². The predicted molar refractivity (Wildman–Crippen MR) is 79.4 cm³/mol. The van der Waals surface area contributed by atoms with Crippen molar-refractivity contribution in [1.29, 1.82) is 0 Å². The van der Waals surface area contributed by atoms with E-state index < -0.39 is 0 Å². The van der Waals surface area contributed by atoms with Crippen LogP contribution >= 0.6 is 0 Å². The highest BCUT2D eigenvalue weighted by Gasteiger charge is 2.30. The van der Waals surface area contributed by atoms with Gasteiger partial charge in [0.15, 0.2) is 0 Å². The lowest BCUT2D eigenvalue weighted by Gasteiger charge is -2.15. The van der Waals surface area contributed by atoms with Crippen LogP contribution in [-0.4, -0.2) is 12.6 Å². The third-order valence-electron chi connectivity index (χ3n) is 3.59. The molecule has 1 heterocycles. The van der Waals surface area contributed by atoms with E-state index in [1.54, 1.807) is 4.90 Å². The monoisotopic (exact) mass is 267 g/mol. The van der Waals surface area contributed by atoms with Crippen molar-refractivity contribution in [3.05, 3.63) is 65.7 Å². The number of nitrogens with two attached hydrogens (primary N) is 1. The van der Waals surface area contributed by atoms with Crippen LogP contribution in [0.2, 0.25) is 0 Å². The number of benzene rings is 2. The van der Waals surface area contributed by atoms with E-state index in [1.807, 2.05) is 54.6 Å². The second kappa shape index (κ2) is 5.35. The van der Waals surface area contributed by atoms with Crippen LogP contribution in [0.15, 0.2) is 54.6 Å². The van der Waals surface area contributed by atoms with Gasteiger partial charge in [0, 0.05) is 12.2 Å². The fourth-order valence-corrected chi connectivity index (χ4v) is 2.45. The second-order valence-corrected chi connectivity index (χ2v) is 4.89. The summed E-state index contributed by atoms with van der Waals surface area (Å²) in [5.74, 6) is 0. The van der Waals surface area contributed by atoms with E-state index in [1.165, 1.54) is 0 Å². The highest BCUT2D eigenvalue weighted by Crippen LogP contribution is 2.25. The molecule has 102 valence electrons. The van der Waals surface area contributed by atoms with Crippen molar-refractivity contribution in [2.75, 3.05) is 11.4 Å². The Morgan fingerprint density at radius 1 is 1.10 bits per heavy atom. The summed E-state index contributed by atoms with van der Waals surface area (Å²) in [5.41, 5.74) is 8.68. The zero-order valence-corrected chi connectivity index (χ0v) is 11.1. The lowest BCUT2D eigenvalue weighted by molar-refractivity contribution is 0.251. The third kappa shape index (κ3) is 2.38. The molecule has 1 unspecified atom stereocenters. The van der Waals surface area contributed by atoms with Gasteiger partial charge in [-0.05, 0) is 23.3 Å². The first-order valence-electron chi connectivity index (χ1n) is 6.70. The van der Waals surface area contributed by atoms with Gasteiger partial charge in [-0.1, -0.05) is 42.5 Å². The van der Waals surface area contributed by atoms with Crippen LogP contribution in [0.4, 0.5) is 10.5 Å². The van der Waals surface area contributed by atoms with Crippen LogP contribution in [0.25, 0.3) is 0 Å². The molecule has 2 aromatic carbocycles. The first-order valence-corrected chi connectivity index (χ1v) is 6.70. The Labute approximate surface area is 118 Å². The fourth-order valence-electron chi connectivity index (χ4n) is 2.45. The first-order chi connectivity index (χ1) is 9.78. The maximum atomic E-state index is 12.1. The average molecular weight is 267 g/mol. The van der Waals surface area contributed by atoms with Gasteiger partial charge in [0.1, 0.15) is 0 Å². The number of nitrogens with one attached hydrogen (secondary N) is 1. The standard InChI is InChI=1S/C16H17N3O/c17-10-12-6-8-14(9-7-12)19-11-15(18-16(19)20)13-4-2-1-3-5-13/h1-9,15H,10-11,17H2,(H,18,20). The highest BCUT2D eigenvalue weighted by atomic mass is 16.2. The molecule has 4 nitrogen and oxygen atoms in total. The summed E-state index contributed by atoms with van der Waals surface area (Å²) in [5, 5.41) is 3.01. The number of anilines is 1. The summed E-state index contributed by atoms with van der Waals surface area (Å²) in [6.07, 6.45) is 0. The van der Waals surface area contributed by atoms with Gasteiger partial charge >= 0.3 is 6.03 Å². The topological polar surface area (TPSA) is 58.4 Å². The van der Waals surface area contributed by atoms with Crippen LogP contribution in [0, 0.1) is 0 Å². The molecule has 1 atom stereocenters. The first kappa shape index (κ1) is 12.7. The van der Waals surface area contributed by atoms with Gasteiger partial charge in [0.2, 0.25) is 0 Å². The molecule has 1 saturated heterocycles. The van der Waals surface area contributed by atoms with E-state index in [-0.39, 0.29) is 12.1 Å². The van der Waals surface area contributed by atoms with Crippen molar-refractivity contribution in [2.45, 2.75) is 12.6 Å². The Balaban J connectivity index is 1.80. The molecule has 2 amide bonds. The van der Waals surface area contributed by atoms with Gasteiger partial charge in [-0.3, -0.25) is 4.90 Å². The summed E-state index contributed by atoms with van der Waals surface area (Å²) in [6.45, 7) is 1.16. The summed E-state index contributed by atoms with van der Waals surface area (Å²) < 4.78 is 0. The Morgan fingerprint density at radius 3 is 2.45 bits per heavy atom. The van der Waals surface area contributed by atoms with Crippen molar-refractivity contribution < 1.29 is 4.79 Å². The van der Waals surface area contributed by atoms with E-state index >= 15 is 0 Å². The smallest absolute Gasteiger partial charge is 0.322 e. The average Bonchev–Trinajstić information content (AvgIpc) is 2.90. The van der Waals surface area contributed by atoms with Crippen LogP contribution in [-0.2, 0) is 6.54 Å².